The zero-order valence-corrected chi connectivity index (χ0v) is 8.61. The molecule has 82 valence electrons. The summed E-state index contributed by atoms with van der Waals surface area (Å²) < 4.78 is 18.6. The zero-order valence-electron chi connectivity index (χ0n) is 8.61. The van der Waals surface area contributed by atoms with Crippen LogP contribution in [0, 0.1) is 5.82 Å². The number of nitrogens with zero attached hydrogens (tertiary/aromatic N) is 1. The third-order valence-corrected chi connectivity index (χ3v) is 2.60. The number of hydrogen-bond donors (Lipinski definition) is 1. The van der Waals surface area contributed by atoms with Crippen molar-refractivity contribution < 1.29 is 14.2 Å². The van der Waals surface area contributed by atoms with Crippen LogP contribution in [0.1, 0.15) is 5.56 Å². The van der Waals surface area contributed by atoms with Gasteiger partial charge in [0.15, 0.2) is 11.6 Å². The van der Waals surface area contributed by atoms with Crippen LogP contribution in [-0.2, 0) is 6.54 Å². The fourth-order valence-electron chi connectivity index (χ4n) is 1.75. The van der Waals surface area contributed by atoms with E-state index in [1.165, 1.54) is 7.11 Å². The van der Waals surface area contributed by atoms with Crippen molar-refractivity contribution in [3.63, 3.8) is 0 Å². The van der Waals surface area contributed by atoms with Gasteiger partial charge in [0.2, 0.25) is 0 Å². The Kier molecular flexibility index (Phi) is 2.88. The van der Waals surface area contributed by atoms with Crippen molar-refractivity contribution in [3.8, 4) is 5.75 Å². The van der Waals surface area contributed by atoms with Crippen LogP contribution < -0.4 is 4.74 Å². The van der Waals surface area contributed by atoms with Gasteiger partial charge in [-0.15, -0.1) is 0 Å². The van der Waals surface area contributed by atoms with Gasteiger partial charge in [0, 0.05) is 25.2 Å². The van der Waals surface area contributed by atoms with Gasteiger partial charge < -0.3 is 9.84 Å². The van der Waals surface area contributed by atoms with Gasteiger partial charge in [-0.1, -0.05) is 12.1 Å². The van der Waals surface area contributed by atoms with E-state index in [9.17, 15) is 4.39 Å². The molecule has 1 fully saturated rings. The van der Waals surface area contributed by atoms with Gasteiger partial charge in [0.1, 0.15) is 0 Å². The van der Waals surface area contributed by atoms with E-state index < -0.39 is 0 Å². The summed E-state index contributed by atoms with van der Waals surface area (Å²) in [5, 5.41) is 9.11. The van der Waals surface area contributed by atoms with E-state index in [1.54, 1.807) is 18.2 Å². The number of benzene rings is 1. The van der Waals surface area contributed by atoms with E-state index >= 15 is 0 Å². The molecule has 15 heavy (non-hydrogen) atoms. The molecule has 0 spiro atoms. The number of aliphatic hydroxyl groups is 1. The molecule has 4 heteroatoms. The second-order valence-electron chi connectivity index (χ2n) is 3.78. The lowest BCUT2D eigenvalue weighted by atomic mass is 10.1. The third kappa shape index (κ3) is 2.11. The van der Waals surface area contributed by atoms with E-state index in [2.05, 4.69) is 0 Å². The first kappa shape index (κ1) is 10.4. The maximum absolute atomic E-state index is 13.7. The Hall–Kier alpha value is -1.13. The monoisotopic (exact) mass is 211 g/mol. The molecule has 0 unspecified atom stereocenters. The maximum atomic E-state index is 13.7. The summed E-state index contributed by atoms with van der Waals surface area (Å²) in [6.45, 7) is 1.77. The highest BCUT2D eigenvalue weighted by Gasteiger charge is 2.25. The molecule has 1 N–H and O–H groups in total. The SMILES string of the molecule is COc1cccc(CN2CC(O)C2)c1F. The molecular weight excluding hydrogens is 197 g/mol. The van der Waals surface area contributed by atoms with Gasteiger partial charge in [-0.25, -0.2) is 4.39 Å². The molecule has 0 bridgehead atoms. The number of β-amino-alcohol motifs (C(OH)–C–C–N with tert-alkyl or cyclic N) is 1. The predicted molar refractivity (Wildman–Crippen MR) is 54.2 cm³/mol. The number of methoxy groups -OCH3 is 1. The van der Waals surface area contributed by atoms with E-state index in [4.69, 9.17) is 9.84 Å². The Balaban J connectivity index is 2.07. The first-order valence-electron chi connectivity index (χ1n) is 4.92. The van der Waals surface area contributed by atoms with Gasteiger partial charge >= 0.3 is 0 Å². The summed E-state index contributed by atoms with van der Waals surface area (Å²) >= 11 is 0. The lowest BCUT2D eigenvalue weighted by molar-refractivity contribution is -0.00347. The fraction of sp³-hybridized carbons (Fsp3) is 0.455. The summed E-state index contributed by atoms with van der Waals surface area (Å²) in [4.78, 5) is 1.99. The summed E-state index contributed by atoms with van der Waals surface area (Å²) in [5.74, 6) is -0.0324. The van der Waals surface area contributed by atoms with Crippen LogP contribution in [0.15, 0.2) is 18.2 Å². The van der Waals surface area contributed by atoms with Crippen molar-refractivity contribution in [3.05, 3.63) is 29.6 Å². The summed E-state index contributed by atoms with van der Waals surface area (Å²) in [7, 11) is 1.45. The number of aliphatic hydroxyl groups excluding tert-OH is 1. The molecule has 1 saturated heterocycles. The molecule has 0 saturated carbocycles. The first-order valence-corrected chi connectivity index (χ1v) is 4.92. The van der Waals surface area contributed by atoms with Crippen molar-refractivity contribution in [1.29, 1.82) is 0 Å². The molecule has 2 rings (SSSR count). The van der Waals surface area contributed by atoms with Crippen molar-refractivity contribution in [2.75, 3.05) is 20.2 Å². The minimum absolute atomic E-state index is 0.251. The minimum Gasteiger partial charge on any atom is -0.494 e. The molecule has 1 heterocycles. The van der Waals surface area contributed by atoms with Crippen molar-refractivity contribution in [2.24, 2.45) is 0 Å². The van der Waals surface area contributed by atoms with Crippen LogP contribution in [0.5, 0.6) is 5.75 Å². The van der Waals surface area contributed by atoms with Gasteiger partial charge in [-0.2, -0.15) is 0 Å². The van der Waals surface area contributed by atoms with E-state index in [0.29, 0.717) is 25.2 Å². The van der Waals surface area contributed by atoms with Gasteiger partial charge in [-0.05, 0) is 6.07 Å². The van der Waals surface area contributed by atoms with E-state index in [1.807, 2.05) is 4.90 Å². The van der Waals surface area contributed by atoms with Crippen LogP contribution in [-0.4, -0.2) is 36.3 Å². The largest absolute Gasteiger partial charge is 0.494 e. The lowest BCUT2D eigenvalue weighted by Crippen LogP contribution is -2.49. The number of rotatable bonds is 3. The number of ether oxygens (including phenoxy) is 1. The molecule has 0 radical (unpaired) electrons. The first-order chi connectivity index (χ1) is 7.20. The lowest BCUT2D eigenvalue weighted by Gasteiger charge is -2.35. The molecule has 1 aromatic carbocycles. The standard InChI is InChI=1S/C11H14FNO2/c1-15-10-4-2-3-8(11(10)12)5-13-6-9(14)7-13/h2-4,9,14H,5-7H2,1H3. The Bertz CT molecular complexity index is 350. The molecule has 0 amide bonds. The summed E-state index contributed by atoms with van der Waals surface area (Å²) in [6, 6.07) is 5.11. The molecular formula is C11H14FNO2. The van der Waals surface area contributed by atoms with Crippen LogP contribution in [0.2, 0.25) is 0 Å². The fourth-order valence-corrected chi connectivity index (χ4v) is 1.75. The highest BCUT2D eigenvalue weighted by Crippen LogP contribution is 2.22. The molecule has 0 aromatic heterocycles. The highest BCUT2D eigenvalue weighted by molar-refractivity contribution is 5.31. The van der Waals surface area contributed by atoms with E-state index in [-0.39, 0.29) is 17.7 Å². The molecule has 1 aromatic rings. The zero-order chi connectivity index (χ0) is 10.8. The van der Waals surface area contributed by atoms with Crippen LogP contribution in [0.25, 0.3) is 0 Å². The van der Waals surface area contributed by atoms with Gasteiger partial charge in [0.05, 0.1) is 13.2 Å². The Morgan fingerprint density at radius 3 is 2.87 bits per heavy atom. The molecule has 1 aliphatic heterocycles. The smallest absolute Gasteiger partial charge is 0.169 e. The second kappa shape index (κ2) is 4.16. The highest BCUT2D eigenvalue weighted by atomic mass is 19.1. The number of halogens is 1. The van der Waals surface area contributed by atoms with Crippen LogP contribution >= 0.6 is 0 Å². The average molecular weight is 211 g/mol. The maximum Gasteiger partial charge on any atom is 0.169 e. The van der Waals surface area contributed by atoms with Gasteiger partial charge in [-0.3, -0.25) is 4.90 Å². The van der Waals surface area contributed by atoms with Crippen LogP contribution in [0.4, 0.5) is 4.39 Å². The minimum atomic E-state index is -0.304. The van der Waals surface area contributed by atoms with Gasteiger partial charge in [0.25, 0.3) is 0 Å². The third-order valence-electron chi connectivity index (χ3n) is 2.60. The Labute approximate surface area is 88.1 Å². The predicted octanol–water partition coefficient (Wildman–Crippen LogP) is 1.01. The van der Waals surface area contributed by atoms with Crippen molar-refractivity contribution in [2.45, 2.75) is 12.6 Å². The summed E-state index contributed by atoms with van der Waals surface area (Å²) in [5.41, 5.74) is 0.612. The molecule has 3 nitrogen and oxygen atoms in total. The molecule has 0 atom stereocenters. The Morgan fingerprint density at radius 2 is 2.27 bits per heavy atom. The molecule has 1 aliphatic rings. The van der Waals surface area contributed by atoms with E-state index in [0.717, 1.165) is 0 Å². The average Bonchev–Trinajstić information content (AvgIpc) is 2.18. The topological polar surface area (TPSA) is 32.7 Å². The Morgan fingerprint density at radius 1 is 1.53 bits per heavy atom. The quantitative estimate of drug-likeness (QED) is 0.810. The summed E-state index contributed by atoms with van der Waals surface area (Å²) in [6.07, 6.45) is -0.251. The molecule has 0 aliphatic carbocycles. The normalized spacial score (nSPS) is 17.5. The van der Waals surface area contributed by atoms with Crippen LogP contribution in [0.3, 0.4) is 0 Å². The van der Waals surface area contributed by atoms with Crippen molar-refractivity contribution >= 4 is 0 Å². The number of hydrogen-bond acceptors (Lipinski definition) is 3. The second-order valence-corrected chi connectivity index (χ2v) is 3.78. The van der Waals surface area contributed by atoms with Crippen molar-refractivity contribution in [1.82, 2.24) is 4.90 Å². The number of likely N-dealkylation sites (tertiary alicyclic amines) is 1.